The fraction of sp³-hybridized carbons (Fsp3) is 0.0833. The van der Waals surface area contributed by atoms with E-state index in [9.17, 15) is 4.79 Å². The molecule has 0 aliphatic heterocycles. The van der Waals surface area contributed by atoms with Crippen LogP contribution in [0.4, 0.5) is 0 Å². The summed E-state index contributed by atoms with van der Waals surface area (Å²) in [6, 6.07) is 5.44. The summed E-state index contributed by atoms with van der Waals surface area (Å²) in [4.78, 5) is 11.7. The van der Waals surface area contributed by atoms with Crippen LogP contribution in [0.25, 0.3) is 6.08 Å². The molecule has 0 bridgehead atoms. The number of furan rings is 1. The van der Waals surface area contributed by atoms with Gasteiger partial charge in [-0.05, 0) is 30.4 Å². The van der Waals surface area contributed by atoms with Gasteiger partial charge in [-0.3, -0.25) is 4.79 Å². The fourth-order valence-corrected chi connectivity index (χ4v) is 1.34. The van der Waals surface area contributed by atoms with Gasteiger partial charge >= 0.3 is 0 Å². The third-order valence-corrected chi connectivity index (χ3v) is 2.17. The molecule has 2 aromatic heterocycles. The Kier molecular flexibility index (Phi) is 2.54. The third-order valence-electron chi connectivity index (χ3n) is 2.17. The number of hydrogen-bond acceptors (Lipinski definition) is 2. The highest BCUT2D eigenvalue weighted by molar-refractivity contribution is 6.05. The minimum atomic E-state index is -0.0105. The Morgan fingerprint density at radius 1 is 1.47 bits per heavy atom. The molecule has 0 atom stereocenters. The van der Waals surface area contributed by atoms with Gasteiger partial charge in [0.05, 0.1) is 18.2 Å². The van der Waals surface area contributed by atoms with Crippen LogP contribution in [0, 0.1) is 0 Å². The van der Waals surface area contributed by atoms with E-state index in [1.807, 2.05) is 19.3 Å². The van der Waals surface area contributed by atoms with Crippen molar-refractivity contribution in [2.45, 2.75) is 0 Å². The van der Waals surface area contributed by atoms with Gasteiger partial charge in [0.1, 0.15) is 0 Å². The smallest absolute Gasteiger partial charge is 0.202 e. The lowest BCUT2D eigenvalue weighted by molar-refractivity contribution is 0.104. The molecular formula is C12H11NO2. The highest BCUT2D eigenvalue weighted by Gasteiger charge is 2.04. The maximum atomic E-state index is 11.7. The predicted octanol–water partition coefficient (Wildman–Crippen LogP) is 2.51. The van der Waals surface area contributed by atoms with Gasteiger partial charge < -0.3 is 8.98 Å². The Morgan fingerprint density at radius 3 is 2.93 bits per heavy atom. The van der Waals surface area contributed by atoms with Crippen molar-refractivity contribution >= 4 is 11.9 Å². The zero-order valence-corrected chi connectivity index (χ0v) is 8.38. The molecule has 0 spiro atoms. The molecule has 0 radical (unpaired) electrons. The summed E-state index contributed by atoms with van der Waals surface area (Å²) in [5, 5.41) is 0. The third kappa shape index (κ3) is 2.07. The van der Waals surface area contributed by atoms with Crippen molar-refractivity contribution in [3.05, 3.63) is 54.3 Å². The van der Waals surface area contributed by atoms with Gasteiger partial charge in [-0.1, -0.05) is 0 Å². The fourth-order valence-electron chi connectivity index (χ4n) is 1.34. The second-order valence-corrected chi connectivity index (χ2v) is 3.26. The van der Waals surface area contributed by atoms with Crippen molar-refractivity contribution < 1.29 is 9.21 Å². The summed E-state index contributed by atoms with van der Waals surface area (Å²) in [5.41, 5.74) is 1.56. The van der Waals surface area contributed by atoms with Crippen molar-refractivity contribution in [3.8, 4) is 0 Å². The first-order chi connectivity index (χ1) is 7.27. The Labute approximate surface area is 87.6 Å². The number of hydrogen-bond donors (Lipinski definition) is 0. The molecule has 2 aromatic rings. The largest absolute Gasteiger partial charge is 0.472 e. The summed E-state index contributed by atoms with van der Waals surface area (Å²) < 4.78 is 6.69. The molecule has 76 valence electrons. The Hall–Kier alpha value is -2.03. The number of rotatable bonds is 3. The first kappa shape index (κ1) is 9.52. The molecule has 2 rings (SSSR count). The molecule has 0 unspecified atom stereocenters. The maximum absolute atomic E-state index is 11.7. The van der Waals surface area contributed by atoms with E-state index in [4.69, 9.17) is 4.42 Å². The molecule has 0 fully saturated rings. The summed E-state index contributed by atoms with van der Waals surface area (Å²) in [5.74, 6) is -0.0105. The van der Waals surface area contributed by atoms with Crippen LogP contribution in [0.5, 0.6) is 0 Å². The van der Waals surface area contributed by atoms with Crippen molar-refractivity contribution in [3.63, 3.8) is 0 Å². The summed E-state index contributed by atoms with van der Waals surface area (Å²) in [6.45, 7) is 0. The molecule has 0 aromatic carbocycles. The molecule has 15 heavy (non-hydrogen) atoms. The topological polar surface area (TPSA) is 35.1 Å². The molecule has 0 amide bonds. The van der Waals surface area contributed by atoms with E-state index in [2.05, 4.69) is 0 Å². The zero-order chi connectivity index (χ0) is 10.7. The average molecular weight is 201 g/mol. The highest BCUT2D eigenvalue weighted by Crippen LogP contribution is 2.06. The molecule has 0 saturated heterocycles. The average Bonchev–Trinajstić information content (AvgIpc) is 2.84. The first-order valence-electron chi connectivity index (χ1n) is 4.63. The number of allylic oxidation sites excluding steroid dienone is 1. The van der Waals surface area contributed by atoms with Gasteiger partial charge in [0, 0.05) is 18.8 Å². The van der Waals surface area contributed by atoms with Crippen molar-refractivity contribution in [2.24, 2.45) is 7.05 Å². The van der Waals surface area contributed by atoms with Crippen LogP contribution in [-0.4, -0.2) is 10.4 Å². The molecule has 3 nitrogen and oxygen atoms in total. The van der Waals surface area contributed by atoms with E-state index in [1.54, 1.807) is 41.4 Å². The van der Waals surface area contributed by atoms with E-state index in [-0.39, 0.29) is 5.78 Å². The summed E-state index contributed by atoms with van der Waals surface area (Å²) in [7, 11) is 1.85. The Bertz CT molecular complexity index is 477. The minimum absolute atomic E-state index is 0.0105. The second-order valence-electron chi connectivity index (χ2n) is 3.26. The Balaban J connectivity index is 2.14. The zero-order valence-electron chi connectivity index (χ0n) is 8.38. The predicted molar refractivity (Wildman–Crippen MR) is 57.5 cm³/mol. The summed E-state index contributed by atoms with van der Waals surface area (Å²) >= 11 is 0. The van der Waals surface area contributed by atoms with E-state index in [0.717, 1.165) is 5.56 Å². The number of carbonyl (C=O) groups excluding carboxylic acids is 1. The lowest BCUT2D eigenvalue weighted by Gasteiger charge is -1.96. The van der Waals surface area contributed by atoms with Gasteiger partial charge in [-0.25, -0.2) is 0 Å². The quantitative estimate of drug-likeness (QED) is 0.565. The first-order valence-corrected chi connectivity index (χ1v) is 4.63. The van der Waals surface area contributed by atoms with Crippen LogP contribution in [0.2, 0.25) is 0 Å². The van der Waals surface area contributed by atoms with Crippen LogP contribution in [0.1, 0.15) is 16.1 Å². The lowest BCUT2D eigenvalue weighted by atomic mass is 10.2. The van der Waals surface area contributed by atoms with E-state index in [0.29, 0.717) is 5.69 Å². The SMILES string of the molecule is Cn1cccc1C(=O)/C=C/c1ccoc1. The number of aryl methyl sites for hydroxylation is 1. The molecule has 0 aliphatic rings. The van der Waals surface area contributed by atoms with Gasteiger partial charge in [-0.15, -0.1) is 0 Å². The molecule has 0 N–H and O–H groups in total. The lowest BCUT2D eigenvalue weighted by Crippen LogP contribution is -2.01. The number of aromatic nitrogens is 1. The van der Waals surface area contributed by atoms with Crippen LogP contribution in [-0.2, 0) is 7.05 Å². The van der Waals surface area contributed by atoms with Crippen LogP contribution >= 0.6 is 0 Å². The van der Waals surface area contributed by atoms with Crippen molar-refractivity contribution in [1.82, 2.24) is 4.57 Å². The monoisotopic (exact) mass is 201 g/mol. The van der Waals surface area contributed by atoms with E-state index in [1.165, 1.54) is 0 Å². The van der Waals surface area contributed by atoms with E-state index < -0.39 is 0 Å². The number of nitrogens with zero attached hydrogens (tertiary/aromatic N) is 1. The minimum Gasteiger partial charge on any atom is -0.472 e. The van der Waals surface area contributed by atoms with Crippen LogP contribution in [0.3, 0.4) is 0 Å². The van der Waals surface area contributed by atoms with Crippen molar-refractivity contribution in [2.75, 3.05) is 0 Å². The molecule has 0 saturated carbocycles. The van der Waals surface area contributed by atoms with Crippen LogP contribution in [0.15, 0.2) is 47.4 Å². The van der Waals surface area contributed by atoms with Gasteiger partial charge in [0.15, 0.2) is 0 Å². The van der Waals surface area contributed by atoms with Gasteiger partial charge in [0.2, 0.25) is 5.78 Å². The van der Waals surface area contributed by atoms with E-state index >= 15 is 0 Å². The normalized spacial score (nSPS) is 11.0. The Morgan fingerprint density at radius 2 is 2.33 bits per heavy atom. The standard InChI is InChI=1S/C12H11NO2/c1-13-7-2-3-11(13)12(14)5-4-10-6-8-15-9-10/h2-9H,1H3/b5-4+. The van der Waals surface area contributed by atoms with Gasteiger partial charge in [0.25, 0.3) is 0 Å². The molecule has 0 aliphatic carbocycles. The number of carbonyl (C=O) groups is 1. The molecule has 3 heteroatoms. The second kappa shape index (κ2) is 4.00. The molecular weight excluding hydrogens is 190 g/mol. The van der Waals surface area contributed by atoms with Crippen LogP contribution < -0.4 is 0 Å². The summed E-state index contributed by atoms with van der Waals surface area (Å²) in [6.07, 6.45) is 8.29. The van der Waals surface area contributed by atoms with Crippen molar-refractivity contribution in [1.29, 1.82) is 0 Å². The van der Waals surface area contributed by atoms with Gasteiger partial charge in [-0.2, -0.15) is 0 Å². The molecule has 2 heterocycles. The highest BCUT2D eigenvalue weighted by atomic mass is 16.3. The number of ketones is 1. The maximum Gasteiger partial charge on any atom is 0.202 e.